The van der Waals surface area contributed by atoms with Crippen molar-refractivity contribution < 1.29 is 49.0 Å². The van der Waals surface area contributed by atoms with Crippen LogP contribution < -0.4 is 0 Å². The van der Waals surface area contributed by atoms with Gasteiger partial charge in [0.25, 0.3) is 0 Å². The smallest absolute Gasteiger partial charge is 0.303 e. The first-order valence-corrected chi connectivity index (χ1v) is 18.0. The Morgan fingerprint density at radius 2 is 1.70 bits per heavy atom. The third kappa shape index (κ3) is 6.93. The van der Waals surface area contributed by atoms with Crippen molar-refractivity contribution in [3.8, 4) is 0 Å². The predicted molar refractivity (Wildman–Crippen MR) is 174 cm³/mol. The van der Waals surface area contributed by atoms with Gasteiger partial charge < -0.3 is 39.4 Å². The largest absolute Gasteiger partial charge is 0.455 e. The number of hydrogen-bond acceptors (Lipinski definition) is 10. The van der Waals surface area contributed by atoms with E-state index in [1.807, 2.05) is 0 Å². The maximum Gasteiger partial charge on any atom is 0.303 e. The maximum absolute atomic E-state index is 12.3. The van der Waals surface area contributed by atoms with E-state index < -0.39 is 61.0 Å². The highest BCUT2D eigenvalue weighted by Crippen LogP contribution is 2.68. The highest BCUT2D eigenvalue weighted by molar-refractivity contribution is 5.67. The molecule has 4 fully saturated rings. The molecule has 0 aromatic rings. The number of carbonyl (C=O) groups is 2. The summed E-state index contributed by atoms with van der Waals surface area (Å²) in [6.45, 7) is 15.1. The molecule has 1 aliphatic heterocycles. The summed E-state index contributed by atoms with van der Waals surface area (Å²) < 4.78 is 24.2. The summed E-state index contributed by atoms with van der Waals surface area (Å²) in [5, 5.41) is 45.1. The van der Waals surface area contributed by atoms with Gasteiger partial charge in [-0.3, -0.25) is 9.59 Å². The summed E-state index contributed by atoms with van der Waals surface area (Å²) in [6, 6.07) is 0. The molecule has 268 valence electrons. The second-order valence-corrected chi connectivity index (χ2v) is 16.5. The number of aliphatic hydroxyl groups is 4. The van der Waals surface area contributed by atoms with E-state index in [0.29, 0.717) is 31.6 Å². The topological polar surface area (TPSA) is 152 Å². The van der Waals surface area contributed by atoms with Crippen LogP contribution in [0.4, 0.5) is 0 Å². The fourth-order valence-electron chi connectivity index (χ4n) is 10.8. The summed E-state index contributed by atoms with van der Waals surface area (Å²) >= 11 is 0. The van der Waals surface area contributed by atoms with Crippen LogP contribution in [-0.2, 0) is 28.5 Å². The van der Waals surface area contributed by atoms with Crippen molar-refractivity contribution in [2.75, 3.05) is 0 Å². The molecule has 0 radical (unpaired) electrons. The monoisotopic (exact) mass is 664 g/mol. The molecule has 10 nitrogen and oxygen atoms in total. The van der Waals surface area contributed by atoms with Crippen molar-refractivity contribution in [2.24, 2.45) is 46.3 Å². The molecule has 3 saturated carbocycles. The third-order valence-electron chi connectivity index (χ3n) is 13.0. The molecule has 5 rings (SSSR count). The van der Waals surface area contributed by atoms with Gasteiger partial charge in [0.15, 0.2) is 18.5 Å². The van der Waals surface area contributed by atoms with Gasteiger partial charge in [-0.05, 0) is 105 Å². The van der Waals surface area contributed by atoms with E-state index in [-0.39, 0.29) is 46.5 Å². The number of fused-ring (bicyclic) bond motifs is 5. The van der Waals surface area contributed by atoms with Gasteiger partial charge in [0, 0.05) is 13.8 Å². The molecule has 1 heterocycles. The van der Waals surface area contributed by atoms with Gasteiger partial charge in [0.2, 0.25) is 0 Å². The lowest BCUT2D eigenvalue weighted by Gasteiger charge is -2.60. The van der Waals surface area contributed by atoms with Gasteiger partial charge in [-0.15, -0.1) is 0 Å². The van der Waals surface area contributed by atoms with E-state index in [0.717, 1.165) is 25.7 Å². The van der Waals surface area contributed by atoms with E-state index in [2.05, 4.69) is 40.7 Å². The number of rotatable bonds is 9. The Morgan fingerprint density at radius 3 is 2.34 bits per heavy atom. The molecule has 4 aliphatic carbocycles. The van der Waals surface area contributed by atoms with Gasteiger partial charge in [-0.1, -0.05) is 46.3 Å². The van der Waals surface area contributed by atoms with E-state index in [9.17, 15) is 30.0 Å². The molecule has 0 aromatic carbocycles. The van der Waals surface area contributed by atoms with Crippen LogP contribution in [0.3, 0.4) is 0 Å². The Kier molecular flexibility index (Phi) is 10.9. The highest BCUT2D eigenvalue weighted by Gasteiger charge is 2.66. The second kappa shape index (κ2) is 14.0. The Bertz CT molecular complexity index is 1170. The fourth-order valence-corrected chi connectivity index (χ4v) is 10.8. The minimum Gasteiger partial charge on any atom is -0.455 e. The summed E-state index contributed by atoms with van der Waals surface area (Å²) in [5.41, 5.74) is 0.713. The molecular weight excluding hydrogens is 604 g/mol. The third-order valence-corrected chi connectivity index (χ3v) is 13.0. The first-order valence-electron chi connectivity index (χ1n) is 18.0. The molecule has 0 aromatic heterocycles. The molecule has 0 bridgehead atoms. The Labute approximate surface area is 280 Å². The molecule has 16 unspecified atom stereocenters. The van der Waals surface area contributed by atoms with E-state index in [1.165, 1.54) is 19.4 Å². The first-order chi connectivity index (χ1) is 22.0. The molecule has 5 aliphatic rings. The molecule has 10 heteroatoms. The van der Waals surface area contributed by atoms with Crippen LogP contribution in [0.5, 0.6) is 0 Å². The summed E-state index contributed by atoms with van der Waals surface area (Å²) in [5.74, 6) is -0.706. The van der Waals surface area contributed by atoms with Crippen molar-refractivity contribution in [3.63, 3.8) is 0 Å². The van der Waals surface area contributed by atoms with E-state index in [1.54, 1.807) is 6.92 Å². The molecular formula is C37H60O10. The molecule has 1 saturated heterocycles. The molecule has 4 N–H and O–H groups in total. The number of hydrogen-bond donors (Lipinski definition) is 4. The van der Waals surface area contributed by atoms with Crippen molar-refractivity contribution in [1.82, 2.24) is 0 Å². The van der Waals surface area contributed by atoms with Crippen LogP contribution in [0, 0.1) is 46.3 Å². The van der Waals surface area contributed by atoms with Crippen LogP contribution in [0.15, 0.2) is 11.6 Å². The average molecular weight is 665 g/mol. The number of esters is 2. The van der Waals surface area contributed by atoms with Crippen molar-refractivity contribution in [2.45, 2.75) is 162 Å². The maximum atomic E-state index is 12.3. The minimum atomic E-state index is -1.23. The van der Waals surface area contributed by atoms with Gasteiger partial charge in [0.05, 0.1) is 30.5 Å². The number of carbonyl (C=O) groups excluding carboxylic acids is 2. The molecule has 0 amide bonds. The summed E-state index contributed by atoms with van der Waals surface area (Å²) in [4.78, 5) is 24.3. The zero-order valence-corrected chi connectivity index (χ0v) is 29.6. The average Bonchev–Trinajstić information content (AvgIpc) is 3.26. The van der Waals surface area contributed by atoms with Crippen LogP contribution >= 0.6 is 0 Å². The molecule has 16 atom stereocenters. The van der Waals surface area contributed by atoms with Crippen molar-refractivity contribution in [1.29, 1.82) is 0 Å². The van der Waals surface area contributed by atoms with Crippen LogP contribution in [-0.4, -0.2) is 87.5 Å². The zero-order valence-electron chi connectivity index (χ0n) is 29.6. The van der Waals surface area contributed by atoms with Crippen LogP contribution in [0.1, 0.15) is 107 Å². The van der Waals surface area contributed by atoms with Crippen LogP contribution in [0.2, 0.25) is 0 Å². The van der Waals surface area contributed by atoms with E-state index in [4.69, 9.17) is 18.9 Å². The zero-order chi connectivity index (χ0) is 34.6. The SMILES string of the molecule is CC(=O)OC1C(OC2CC3C4CC=C5CC(O)CCC5(C)C4C(O)CC3(C)C2C(C)C(O)CCC(C)C)OC(C)C(O)C1OC(C)=O. The number of ether oxygens (including phenoxy) is 4. The highest BCUT2D eigenvalue weighted by atomic mass is 16.7. The van der Waals surface area contributed by atoms with Gasteiger partial charge in [0.1, 0.15) is 6.10 Å². The molecule has 47 heavy (non-hydrogen) atoms. The Balaban J connectivity index is 1.51. The lowest BCUT2D eigenvalue weighted by atomic mass is 9.46. The quantitative estimate of drug-likeness (QED) is 0.208. The molecule has 0 spiro atoms. The lowest BCUT2D eigenvalue weighted by Crippen LogP contribution is -2.61. The second-order valence-electron chi connectivity index (χ2n) is 16.5. The van der Waals surface area contributed by atoms with Gasteiger partial charge >= 0.3 is 11.9 Å². The summed E-state index contributed by atoms with van der Waals surface area (Å²) in [7, 11) is 0. The van der Waals surface area contributed by atoms with Gasteiger partial charge in [-0.25, -0.2) is 0 Å². The van der Waals surface area contributed by atoms with Crippen molar-refractivity contribution >= 4 is 11.9 Å². The summed E-state index contributed by atoms with van der Waals surface area (Å²) in [6.07, 6.45) is 0.767. The normalized spacial score (nSPS) is 46.0. The predicted octanol–water partition coefficient (Wildman–Crippen LogP) is 4.29. The number of aliphatic hydroxyl groups excluding tert-OH is 4. The first kappa shape index (κ1) is 36.7. The van der Waals surface area contributed by atoms with E-state index >= 15 is 0 Å². The standard InChI is InChI=1S/C37H60O10/c1-18(2)9-12-27(41)19(3)30-29(47-35-34(46-22(6)39)33(45-21(5)38)32(43)20(4)44-35)16-26-25-11-10-23-15-24(40)13-14-36(23,7)31(25)28(42)17-37(26,30)8/h10,18-20,24-35,40-43H,9,11-17H2,1-8H3. The van der Waals surface area contributed by atoms with Gasteiger partial charge in [-0.2, -0.15) is 0 Å². The minimum absolute atomic E-state index is 0.0527. The lowest BCUT2D eigenvalue weighted by molar-refractivity contribution is -0.313. The number of allylic oxidation sites excluding steroid dienone is 1. The Hall–Kier alpha value is -1.56. The van der Waals surface area contributed by atoms with Crippen LogP contribution in [0.25, 0.3) is 0 Å². The van der Waals surface area contributed by atoms with Crippen molar-refractivity contribution in [3.05, 3.63) is 11.6 Å². The fraction of sp³-hybridized carbons (Fsp3) is 0.892. The Morgan fingerprint density at radius 1 is 1.04 bits per heavy atom.